The molecule has 1 aromatic carbocycles. The average molecular weight is 304 g/mol. The second-order valence-electron chi connectivity index (χ2n) is 6.59. The minimum Gasteiger partial charge on any atom is -0.342 e. The van der Waals surface area contributed by atoms with E-state index in [1.807, 2.05) is 6.07 Å². The molecule has 0 radical (unpaired) electrons. The predicted molar refractivity (Wildman–Crippen MR) is 84.8 cm³/mol. The molecular weight excluding hydrogens is 279 g/mol. The number of carbonyl (C=O) groups excluding carboxylic acids is 1. The van der Waals surface area contributed by atoms with Gasteiger partial charge in [-0.3, -0.25) is 9.69 Å². The Morgan fingerprint density at radius 2 is 1.95 bits per heavy atom. The number of amides is 1. The van der Waals surface area contributed by atoms with E-state index in [1.165, 1.54) is 12.5 Å². The van der Waals surface area contributed by atoms with Crippen LogP contribution in [-0.2, 0) is 11.3 Å². The van der Waals surface area contributed by atoms with Crippen LogP contribution in [0.3, 0.4) is 0 Å². The maximum absolute atomic E-state index is 13.3. The summed E-state index contributed by atoms with van der Waals surface area (Å²) in [6.45, 7) is 4.41. The quantitative estimate of drug-likeness (QED) is 0.857. The third-order valence-electron chi connectivity index (χ3n) is 4.82. The number of hydrogen-bond donors (Lipinski definition) is 0. The van der Waals surface area contributed by atoms with Crippen molar-refractivity contribution in [2.45, 2.75) is 38.6 Å². The Bertz CT molecular complexity index is 514. The van der Waals surface area contributed by atoms with Gasteiger partial charge in [0.05, 0.1) is 5.92 Å². The normalized spacial score (nSPS) is 23.5. The monoisotopic (exact) mass is 304 g/mol. The highest BCUT2D eigenvalue weighted by atomic mass is 19.1. The lowest BCUT2D eigenvalue weighted by molar-refractivity contribution is -0.138. The van der Waals surface area contributed by atoms with Crippen LogP contribution in [0, 0.1) is 11.7 Å². The number of benzene rings is 1. The topological polar surface area (TPSA) is 23.6 Å². The molecule has 3 rings (SSSR count). The first-order chi connectivity index (χ1) is 10.7. The third-order valence-corrected chi connectivity index (χ3v) is 4.82. The molecule has 2 fully saturated rings. The minimum absolute atomic E-state index is 0.125. The highest BCUT2D eigenvalue weighted by molar-refractivity contribution is 5.79. The van der Waals surface area contributed by atoms with E-state index in [1.54, 1.807) is 12.1 Å². The molecule has 22 heavy (non-hydrogen) atoms. The fourth-order valence-electron chi connectivity index (χ4n) is 3.67. The summed E-state index contributed by atoms with van der Waals surface area (Å²) >= 11 is 0. The Morgan fingerprint density at radius 3 is 2.73 bits per heavy atom. The smallest absolute Gasteiger partial charge is 0.226 e. The summed E-state index contributed by atoms with van der Waals surface area (Å²) in [6.07, 6.45) is 5.59. The Labute approximate surface area is 132 Å². The summed E-state index contributed by atoms with van der Waals surface area (Å²) < 4.78 is 13.3. The highest BCUT2D eigenvalue weighted by Gasteiger charge is 2.29. The van der Waals surface area contributed by atoms with Crippen LogP contribution in [0.4, 0.5) is 4.39 Å². The van der Waals surface area contributed by atoms with E-state index in [4.69, 9.17) is 0 Å². The Hall–Kier alpha value is -1.42. The number of halogens is 1. The number of nitrogens with zero attached hydrogens (tertiary/aromatic N) is 2. The van der Waals surface area contributed by atoms with E-state index in [-0.39, 0.29) is 11.7 Å². The molecule has 2 saturated heterocycles. The number of piperidine rings is 2. The molecule has 2 aliphatic heterocycles. The van der Waals surface area contributed by atoms with Gasteiger partial charge in [-0.15, -0.1) is 0 Å². The van der Waals surface area contributed by atoms with Gasteiger partial charge < -0.3 is 4.90 Å². The van der Waals surface area contributed by atoms with Crippen molar-refractivity contribution >= 4 is 5.91 Å². The SMILES string of the molecule is O=C([C@H]1CCCN(Cc2cccc(F)c2)C1)N1CCCCC1. The van der Waals surface area contributed by atoms with Crippen molar-refractivity contribution in [1.82, 2.24) is 9.80 Å². The Kier molecular flexibility index (Phi) is 5.08. The van der Waals surface area contributed by atoms with Gasteiger partial charge in [0.15, 0.2) is 0 Å². The summed E-state index contributed by atoms with van der Waals surface area (Å²) in [6, 6.07) is 6.78. The first-order valence-electron chi connectivity index (χ1n) is 8.48. The van der Waals surface area contributed by atoms with E-state index < -0.39 is 0 Å². The maximum Gasteiger partial charge on any atom is 0.226 e. The van der Waals surface area contributed by atoms with Crippen molar-refractivity contribution in [3.05, 3.63) is 35.6 Å². The fourth-order valence-corrected chi connectivity index (χ4v) is 3.67. The molecular formula is C18H25FN2O. The Balaban J connectivity index is 1.57. The van der Waals surface area contributed by atoms with Gasteiger partial charge in [-0.25, -0.2) is 4.39 Å². The molecule has 0 spiro atoms. The predicted octanol–water partition coefficient (Wildman–Crippen LogP) is 3.05. The van der Waals surface area contributed by atoms with Gasteiger partial charge in [0.1, 0.15) is 5.82 Å². The molecule has 0 saturated carbocycles. The standard InChI is InChI=1S/C18H25FN2O/c19-17-8-4-6-15(12-17)13-20-9-5-7-16(14-20)18(22)21-10-2-1-3-11-21/h4,6,8,12,16H,1-3,5,7,9-11,13-14H2/t16-/m0/s1. The van der Waals surface area contributed by atoms with Crippen molar-refractivity contribution in [2.75, 3.05) is 26.2 Å². The first-order valence-corrected chi connectivity index (χ1v) is 8.48. The molecule has 0 unspecified atom stereocenters. The van der Waals surface area contributed by atoms with Crippen LogP contribution in [0.2, 0.25) is 0 Å². The number of likely N-dealkylation sites (tertiary alicyclic amines) is 2. The van der Waals surface area contributed by atoms with Crippen LogP contribution in [0.15, 0.2) is 24.3 Å². The number of hydrogen-bond acceptors (Lipinski definition) is 2. The number of rotatable bonds is 3. The van der Waals surface area contributed by atoms with Crippen molar-refractivity contribution in [3.63, 3.8) is 0 Å². The van der Waals surface area contributed by atoms with Gasteiger partial charge in [0, 0.05) is 26.2 Å². The van der Waals surface area contributed by atoms with E-state index in [0.717, 1.165) is 64.0 Å². The molecule has 1 atom stereocenters. The van der Waals surface area contributed by atoms with Gasteiger partial charge in [0.25, 0.3) is 0 Å². The summed E-state index contributed by atoms with van der Waals surface area (Å²) in [5.74, 6) is 0.277. The molecule has 3 nitrogen and oxygen atoms in total. The van der Waals surface area contributed by atoms with Crippen LogP contribution < -0.4 is 0 Å². The molecule has 0 aliphatic carbocycles. The lowest BCUT2D eigenvalue weighted by Gasteiger charge is -2.36. The van der Waals surface area contributed by atoms with Gasteiger partial charge in [-0.2, -0.15) is 0 Å². The van der Waals surface area contributed by atoms with Gasteiger partial charge in [0.2, 0.25) is 5.91 Å². The fraction of sp³-hybridized carbons (Fsp3) is 0.611. The van der Waals surface area contributed by atoms with E-state index in [2.05, 4.69) is 9.80 Å². The lowest BCUT2D eigenvalue weighted by Crippen LogP contribution is -2.46. The molecule has 1 aromatic rings. The van der Waals surface area contributed by atoms with Gasteiger partial charge in [-0.05, 0) is 56.3 Å². The summed E-state index contributed by atoms with van der Waals surface area (Å²) in [7, 11) is 0. The summed E-state index contributed by atoms with van der Waals surface area (Å²) in [5.41, 5.74) is 0.992. The zero-order valence-corrected chi connectivity index (χ0v) is 13.1. The molecule has 4 heteroatoms. The van der Waals surface area contributed by atoms with Crippen LogP contribution >= 0.6 is 0 Å². The van der Waals surface area contributed by atoms with Crippen LogP contribution in [0.25, 0.3) is 0 Å². The molecule has 0 bridgehead atoms. The maximum atomic E-state index is 13.3. The summed E-state index contributed by atoms with van der Waals surface area (Å²) in [5, 5.41) is 0. The highest BCUT2D eigenvalue weighted by Crippen LogP contribution is 2.22. The van der Waals surface area contributed by atoms with Crippen LogP contribution in [0.5, 0.6) is 0 Å². The van der Waals surface area contributed by atoms with Crippen molar-refractivity contribution in [2.24, 2.45) is 5.92 Å². The first kappa shape index (κ1) is 15.5. The molecule has 2 aliphatic rings. The van der Waals surface area contributed by atoms with Crippen molar-refractivity contribution in [1.29, 1.82) is 0 Å². The lowest BCUT2D eigenvalue weighted by atomic mass is 9.95. The van der Waals surface area contributed by atoms with Crippen molar-refractivity contribution < 1.29 is 9.18 Å². The number of carbonyl (C=O) groups is 1. The Morgan fingerprint density at radius 1 is 1.14 bits per heavy atom. The van der Waals surface area contributed by atoms with Gasteiger partial charge in [-0.1, -0.05) is 12.1 Å². The largest absolute Gasteiger partial charge is 0.342 e. The van der Waals surface area contributed by atoms with Crippen LogP contribution in [-0.4, -0.2) is 41.9 Å². The zero-order chi connectivity index (χ0) is 15.4. The summed E-state index contributed by atoms with van der Waals surface area (Å²) in [4.78, 5) is 17.0. The van der Waals surface area contributed by atoms with E-state index in [0.29, 0.717) is 5.91 Å². The molecule has 0 aromatic heterocycles. The third kappa shape index (κ3) is 3.86. The molecule has 120 valence electrons. The van der Waals surface area contributed by atoms with Crippen LogP contribution in [0.1, 0.15) is 37.7 Å². The molecule has 1 amide bonds. The average Bonchev–Trinajstić information content (AvgIpc) is 2.55. The minimum atomic E-state index is -0.185. The second-order valence-corrected chi connectivity index (χ2v) is 6.59. The van der Waals surface area contributed by atoms with E-state index in [9.17, 15) is 9.18 Å². The zero-order valence-electron chi connectivity index (χ0n) is 13.1. The molecule has 0 N–H and O–H groups in total. The van der Waals surface area contributed by atoms with E-state index >= 15 is 0 Å². The second kappa shape index (κ2) is 7.23. The van der Waals surface area contributed by atoms with Gasteiger partial charge >= 0.3 is 0 Å². The van der Waals surface area contributed by atoms with Crippen molar-refractivity contribution in [3.8, 4) is 0 Å². The molecule has 2 heterocycles.